The number of amides is 2. The van der Waals surface area contributed by atoms with Crippen molar-refractivity contribution in [1.82, 2.24) is 14.2 Å². The van der Waals surface area contributed by atoms with Crippen molar-refractivity contribution in [3.05, 3.63) is 54.4 Å². The number of sulfonamides is 1. The van der Waals surface area contributed by atoms with Gasteiger partial charge in [-0.05, 0) is 56.2 Å². The Hall–Kier alpha value is -2.78. The van der Waals surface area contributed by atoms with E-state index in [-0.39, 0.29) is 41.8 Å². The molecule has 9 heteroatoms. The first-order chi connectivity index (χ1) is 16.3. The highest BCUT2D eigenvalue weighted by molar-refractivity contribution is 7.89. The van der Waals surface area contributed by atoms with Crippen LogP contribution in [0.25, 0.3) is 0 Å². The van der Waals surface area contributed by atoms with E-state index >= 15 is 0 Å². The molecule has 34 heavy (non-hydrogen) atoms. The highest BCUT2D eigenvalue weighted by Gasteiger charge is 2.43. The summed E-state index contributed by atoms with van der Waals surface area (Å²) in [6.07, 6.45) is 3.81. The number of benzene rings is 1. The van der Waals surface area contributed by atoms with Gasteiger partial charge in [-0.25, -0.2) is 8.42 Å². The Morgan fingerprint density at radius 2 is 1.79 bits per heavy atom. The van der Waals surface area contributed by atoms with Crippen molar-refractivity contribution in [1.29, 1.82) is 0 Å². The van der Waals surface area contributed by atoms with E-state index in [1.807, 2.05) is 30.0 Å². The zero-order valence-corrected chi connectivity index (χ0v) is 20.7. The van der Waals surface area contributed by atoms with Crippen LogP contribution in [0.2, 0.25) is 0 Å². The number of aromatic nitrogens is 1. The van der Waals surface area contributed by atoms with Crippen LogP contribution in [-0.4, -0.2) is 60.1 Å². The molecule has 1 saturated carbocycles. The number of rotatable bonds is 9. The minimum Gasteiger partial charge on any atom is -0.331 e. The average Bonchev–Trinajstić information content (AvgIpc) is 3.60. The Balaban J connectivity index is 1.50. The number of carbonyl (C=O) groups excluding carboxylic acids is 2. The van der Waals surface area contributed by atoms with E-state index in [0.717, 1.165) is 18.5 Å². The maximum Gasteiger partial charge on any atom is 0.243 e. The van der Waals surface area contributed by atoms with Crippen molar-refractivity contribution in [3.63, 3.8) is 0 Å². The summed E-state index contributed by atoms with van der Waals surface area (Å²) in [5.74, 6) is -0.575. The normalized spacial score (nSPS) is 19.5. The molecule has 1 saturated heterocycles. The van der Waals surface area contributed by atoms with Gasteiger partial charge in [0.2, 0.25) is 21.8 Å². The molecule has 2 aliphatic rings. The van der Waals surface area contributed by atoms with Crippen molar-refractivity contribution in [2.45, 2.75) is 57.0 Å². The minimum absolute atomic E-state index is 0.0164. The van der Waals surface area contributed by atoms with Gasteiger partial charge >= 0.3 is 0 Å². The fourth-order valence-electron chi connectivity index (χ4n) is 4.65. The molecule has 1 aromatic heterocycles. The lowest BCUT2D eigenvalue weighted by Gasteiger charge is -2.31. The monoisotopic (exact) mass is 484 g/mol. The van der Waals surface area contributed by atoms with Crippen molar-refractivity contribution >= 4 is 27.5 Å². The first kappa shape index (κ1) is 24.3. The van der Waals surface area contributed by atoms with Gasteiger partial charge in [0.15, 0.2) is 0 Å². The zero-order valence-electron chi connectivity index (χ0n) is 19.9. The Morgan fingerprint density at radius 3 is 2.35 bits per heavy atom. The smallest absolute Gasteiger partial charge is 0.243 e. The average molecular weight is 485 g/mol. The molecule has 0 radical (unpaired) electrons. The van der Waals surface area contributed by atoms with E-state index in [1.165, 1.54) is 16.4 Å². The molecule has 2 aromatic rings. The predicted octanol–water partition coefficient (Wildman–Crippen LogP) is 3.22. The fraction of sp³-hybridized carbons (Fsp3) is 0.480. The molecule has 4 rings (SSSR count). The van der Waals surface area contributed by atoms with E-state index in [2.05, 4.69) is 4.98 Å². The van der Waals surface area contributed by atoms with Gasteiger partial charge < -0.3 is 9.80 Å². The van der Waals surface area contributed by atoms with Gasteiger partial charge in [-0.3, -0.25) is 14.6 Å². The van der Waals surface area contributed by atoms with Crippen LogP contribution >= 0.6 is 0 Å². The van der Waals surface area contributed by atoms with Crippen LogP contribution in [0.3, 0.4) is 0 Å². The summed E-state index contributed by atoms with van der Waals surface area (Å²) in [5.41, 5.74) is 1.45. The SMILES string of the molecule is CCN(CC)S(=O)(=O)c1ccc(N2CC(C(=O)N(C3CC3)C(C)c3ccccn3)CC2=O)cc1. The number of anilines is 1. The van der Waals surface area contributed by atoms with Crippen LogP contribution in [0.4, 0.5) is 5.69 Å². The lowest BCUT2D eigenvalue weighted by atomic mass is 10.0. The zero-order chi connectivity index (χ0) is 24.5. The number of hydrogen-bond acceptors (Lipinski definition) is 5. The molecule has 2 fully saturated rings. The predicted molar refractivity (Wildman–Crippen MR) is 130 cm³/mol. The molecule has 182 valence electrons. The first-order valence-electron chi connectivity index (χ1n) is 11.9. The van der Waals surface area contributed by atoms with Gasteiger partial charge in [-0.1, -0.05) is 19.9 Å². The molecule has 2 heterocycles. The molecule has 8 nitrogen and oxygen atoms in total. The molecule has 0 bridgehead atoms. The Bertz CT molecular complexity index is 1130. The van der Waals surface area contributed by atoms with Gasteiger partial charge in [0.05, 0.1) is 22.5 Å². The summed E-state index contributed by atoms with van der Waals surface area (Å²) in [6.45, 7) is 6.66. The summed E-state index contributed by atoms with van der Waals surface area (Å²) in [5, 5.41) is 0. The van der Waals surface area contributed by atoms with E-state index in [0.29, 0.717) is 18.8 Å². The molecule has 1 aliphatic heterocycles. The summed E-state index contributed by atoms with van der Waals surface area (Å²) < 4.78 is 26.9. The molecule has 2 amide bonds. The number of pyridine rings is 1. The van der Waals surface area contributed by atoms with Crippen LogP contribution in [0.1, 0.15) is 51.8 Å². The van der Waals surface area contributed by atoms with E-state index < -0.39 is 15.9 Å². The van der Waals surface area contributed by atoms with Crippen molar-refractivity contribution in [2.24, 2.45) is 5.92 Å². The third-order valence-corrected chi connectivity index (χ3v) is 8.76. The van der Waals surface area contributed by atoms with Crippen molar-refractivity contribution in [3.8, 4) is 0 Å². The number of nitrogens with zero attached hydrogens (tertiary/aromatic N) is 4. The molecular formula is C25H32N4O4S. The standard InChI is InChI=1S/C25H32N4O4S/c1-4-27(5-2)34(32,33)22-13-11-20(12-14-22)28-17-19(16-24(28)30)25(31)29(21-9-10-21)18(3)23-8-6-7-15-26-23/h6-8,11-15,18-19,21H,4-5,9-10,16-17H2,1-3H3. The second-order valence-electron chi connectivity index (χ2n) is 8.90. The second kappa shape index (κ2) is 9.84. The van der Waals surface area contributed by atoms with Crippen LogP contribution in [-0.2, 0) is 19.6 Å². The van der Waals surface area contributed by atoms with E-state index in [4.69, 9.17) is 0 Å². The summed E-state index contributed by atoms with van der Waals surface area (Å²) in [4.78, 5) is 34.5. The minimum atomic E-state index is -3.57. The summed E-state index contributed by atoms with van der Waals surface area (Å²) >= 11 is 0. The van der Waals surface area contributed by atoms with Crippen molar-refractivity contribution in [2.75, 3.05) is 24.5 Å². The number of hydrogen-bond donors (Lipinski definition) is 0. The largest absolute Gasteiger partial charge is 0.331 e. The number of carbonyl (C=O) groups is 2. The highest BCUT2D eigenvalue weighted by Crippen LogP contribution is 2.37. The van der Waals surface area contributed by atoms with Gasteiger partial charge in [0.25, 0.3) is 0 Å². The maximum atomic E-state index is 13.5. The molecule has 0 N–H and O–H groups in total. The van der Waals surface area contributed by atoms with Crippen molar-refractivity contribution < 1.29 is 18.0 Å². The maximum absolute atomic E-state index is 13.5. The third-order valence-electron chi connectivity index (χ3n) is 6.69. The molecule has 1 aliphatic carbocycles. The third kappa shape index (κ3) is 4.72. The topological polar surface area (TPSA) is 90.9 Å². The second-order valence-corrected chi connectivity index (χ2v) is 10.8. The van der Waals surface area contributed by atoms with Crippen LogP contribution in [0.5, 0.6) is 0 Å². The van der Waals surface area contributed by atoms with Gasteiger partial charge in [0.1, 0.15) is 0 Å². The molecule has 2 unspecified atom stereocenters. The van der Waals surface area contributed by atoms with Crippen LogP contribution in [0, 0.1) is 5.92 Å². The molecule has 1 aromatic carbocycles. The molecule has 2 atom stereocenters. The molecular weight excluding hydrogens is 452 g/mol. The van der Waals surface area contributed by atoms with Gasteiger partial charge in [-0.2, -0.15) is 4.31 Å². The Labute approximate surface area is 201 Å². The Morgan fingerprint density at radius 1 is 1.12 bits per heavy atom. The lowest BCUT2D eigenvalue weighted by molar-refractivity contribution is -0.138. The quantitative estimate of drug-likeness (QED) is 0.545. The molecule has 0 spiro atoms. The van der Waals surface area contributed by atoms with Crippen LogP contribution in [0.15, 0.2) is 53.6 Å². The lowest BCUT2D eigenvalue weighted by Crippen LogP contribution is -2.41. The first-order valence-corrected chi connectivity index (χ1v) is 13.4. The van der Waals surface area contributed by atoms with E-state index in [1.54, 1.807) is 37.1 Å². The van der Waals surface area contributed by atoms with Gasteiger partial charge in [-0.15, -0.1) is 0 Å². The fourth-order valence-corrected chi connectivity index (χ4v) is 6.11. The highest BCUT2D eigenvalue weighted by atomic mass is 32.2. The summed E-state index contributed by atoms with van der Waals surface area (Å²) in [7, 11) is -3.57. The van der Waals surface area contributed by atoms with Crippen LogP contribution < -0.4 is 4.90 Å². The van der Waals surface area contributed by atoms with Gasteiger partial charge in [0, 0.05) is 44.0 Å². The summed E-state index contributed by atoms with van der Waals surface area (Å²) in [6, 6.07) is 12.1. The Kier molecular flexibility index (Phi) is 7.04. The van der Waals surface area contributed by atoms with E-state index in [9.17, 15) is 18.0 Å².